The van der Waals surface area contributed by atoms with Crippen molar-refractivity contribution in [3.05, 3.63) is 32.6 Å². The predicted molar refractivity (Wildman–Crippen MR) is 86.0 cm³/mol. The van der Waals surface area contributed by atoms with Gasteiger partial charge < -0.3 is 14.2 Å². The van der Waals surface area contributed by atoms with E-state index in [4.69, 9.17) is 14.2 Å². The average Bonchev–Trinajstić information content (AvgIpc) is 2.90. The molecule has 0 saturated carbocycles. The zero-order chi connectivity index (χ0) is 18.8. The Labute approximate surface area is 143 Å². The number of aromatic amines is 1. The third kappa shape index (κ3) is 3.51. The van der Waals surface area contributed by atoms with E-state index in [1.54, 1.807) is 13.8 Å². The molecular weight excluding hydrogens is 332 g/mol. The fraction of sp³-hybridized carbons (Fsp3) is 0.625. The Hall–Kier alpha value is -2.42. The summed E-state index contributed by atoms with van der Waals surface area (Å²) in [4.78, 5) is 50.5. The lowest BCUT2D eigenvalue weighted by Gasteiger charge is -2.25. The molecule has 0 aliphatic carbocycles. The normalized spacial score (nSPS) is 25.6. The molecule has 2 heterocycles. The molecule has 138 valence electrons. The van der Waals surface area contributed by atoms with Crippen molar-refractivity contribution in [2.75, 3.05) is 13.2 Å². The molecule has 0 amide bonds. The molecule has 1 N–H and O–H groups in total. The van der Waals surface area contributed by atoms with E-state index in [1.165, 1.54) is 20.0 Å². The minimum atomic E-state index is -1.31. The molecule has 3 atom stereocenters. The SMILES string of the molecule is CCOC(=O)[C@@H]1O[C@H](n2cc(C)c(=O)[nH]c2=O)C[C@@]1(C)C(=O)OCC. The van der Waals surface area contributed by atoms with Crippen molar-refractivity contribution in [2.24, 2.45) is 5.41 Å². The number of esters is 2. The van der Waals surface area contributed by atoms with E-state index in [2.05, 4.69) is 4.98 Å². The molecule has 1 saturated heterocycles. The lowest BCUT2D eigenvalue weighted by molar-refractivity contribution is -0.172. The standard InChI is InChI=1S/C16H22N2O7/c1-5-23-13(20)11-16(4,14(21)24-6-2)7-10(25-11)18-8-9(3)12(19)17-15(18)22/h8,10-11H,5-7H2,1-4H3,(H,17,19,22)/t10-,11-,16+/m0/s1. The summed E-state index contributed by atoms with van der Waals surface area (Å²) >= 11 is 0. The molecule has 9 nitrogen and oxygen atoms in total. The number of carbonyl (C=O) groups is 2. The highest BCUT2D eigenvalue weighted by Gasteiger charge is 2.56. The topological polar surface area (TPSA) is 117 Å². The molecule has 1 aliphatic heterocycles. The van der Waals surface area contributed by atoms with Crippen LogP contribution in [-0.4, -0.2) is 40.8 Å². The summed E-state index contributed by atoms with van der Waals surface area (Å²) in [7, 11) is 0. The second-order valence-electron chi connectivity index (χ2n) is 6.04. The van der Waals surface area contributed by atoms with Gasteiger partial charge in [0.2, 0.25) is 0 Å². The van der Waals surface area contributed by atoms with E-state index in [0.717, 1.165) is 4.57 Å². The van der Waals surface area contributed by atoms with Crippen molar-refractivity contribution in [3.63, 3.8) is 0 Å². The van der Waals surface area contributed by atoms with Crippen molar-refractivity contribution < 1.29 is 23.8 Å². The van der Waals surface area contributed by atoms with E-state index < -0.39 is 40.9 Å². The number of carbonyl (C=O) groups excluding carboxylic acids is 2. The van der Waals surface area contributed by atoms with Gasteiger partial charge in [0.15, 0.2) is 6.10 Å². The van der Waals surface area contributed by atoms with Crippen molar-refractivity contribution in [3.8, 4) is 0 Å². The second-order valence-corrected chi connectivity index (χ2v) is 6.04. The van der Waals surface area contributed by atoms with Gasteiger partial charge in [0.25, 0.3) is 5.56 Å². The van der Waals surface area contributed by atoms with Gasteiger partial charge in [-0.2, -0.15) is 0 Å². The van der Waals surface area contributed by atoms with E-state index in [1.807, 2.05) is 0 Å². The first-order valence-electron chi connectivity index (χ1n) is 8.06. The maximum absolute atomic E-state index is 12.4. The van der Waals surface area contributed by atoms with Crippen LogP contribution in [0.1, 0.15) is 39.0 Å². The number of aromatic nitrogens is 2. The van der Waals surface area contributed by atoms with Crippen LogP contribution in [0, 0.1) is 12.3 Å². The molecule has 0 aromatic carbocycles. The van der Waals surface area contributed by atoms with Crippen LogP contribution in [-0.2, 0) is 23.8 Å². The first-order valence-corrected chi connectivity index (χ1v) is 8.06. The molecule has 0 unspecified atom stereocenters. The van der Waals surface area contributed by atoms with Gasteiger partial charge in [-0.05, 0) is 27.7 Å². The highest BCUT2D eigenvalue weighted by molar-refractivity contribution is 5.87. The van der Waals surface area contributed by atoms with E-state index in [-0.39, 0.29) is 19.6 Å². The average molecular weight is 354 g/mol. The minimum absolute atomic E-state index is 0.0285. The summed E-state index contributed by atoms with van der Waals surface area (Å²) in [6.07, 6.45) is -0.756. The molecule has 0 spiro atoms. The van der Waals surface area contributed by atoms with Crippen molar-refractivity contribution in [1.29, 1.82) is 0 Å². The lowest BCUT2D eigenvalue weighted by atomic mass is 9.82. The predicted octanol–water partition coefficient (Wildman–Crippen LogP) is 0.265. The molecule has 1 fully saturated rings. The number of rotatable bonds is 5. The lowest BCUT2D eigenvalue weighted by Crippen LogP contribution is -2.43. The van der Waals surface area contributed by atoms with E-state index in [0.29, 0.717) is 5.56 Å². The molecule has 25 heavy (non-hydrogen) atoms. The molecular formula is C16H22N2O7. The number of aryl methyl sites for hydroxylation is 1. The van der Waals surface area contributed by atoms with Crippen LogP contribution in [0.4, 0.5) is 0 Å². The molecule has 2 rings (SSSR count). The summed E-state index contributed by atoms with van der Waals surface area (Å²) in [5.74, 6) is -1.31. The fourth-order valence-corrected chi connectivity index (χ4v) is 2.81. The Morgan fingerprint density at radius 2 is 1.96 bits per heavy atom. The number of hydrogen-bond acceptors (Lipinski definition) is 7. The number of H-pyrrole nitrogens is 1. The summed E-state index contributed by atoms with van der Waals surface area (Å²) in [6.45, 7) is 6.64. The van der Waals surface area contributed by atoms with Crippen molar-refractivity contribution in [2.45, 2.75) is 46.4 Å². The molecule has 0 radical (unpaired) electrons. The Morgan fingerprint density at radius 1 is 1.32 bits per heavy atom. The fourth-order valence-electron chi connectivity index (χ4n) is 2.81. The third-order valence-electron chi connectivity index (χ3n) is 4.17. The van der Waals surface area contributed by atoms with Gasteiger partial charge in [-0.15, -0.1) is 0 Å². The first-order chi connectivity index (χ1) is 11.7. The van der Waals surface area contributed by atoms with Crippen LogP contribution in [0.3, 0.4) is 0 Å². The Balaban J connectivity index is 2.43. The largest absolute Gasteiger partial charge is 0.465 e. The summed E-state index contributed by atoms with van der Waals surface area (Å²) in [6, 6.07) is 0. The zero-order valence-corrected chi connectivity index (χ0v) is 14.7. The summed E-state index contributed by atoms with van der Waals surface area (Å²) in [5, 5.41) is 0. The molecule has 1 aromatic heterocycles. The minimum Gasteiger partial charge on any atom is -0.465 e. The first kappa shape index (κ1) is 18.9. The molecule has 0 bridgehead atoms. The summed E-state index contributed by atoms with van der Waals surface area (Å²) in [5.41, 5.74) is -2.19. The van der Waals surface area contributed by atoms with E-state index >= 15 is 0 Å². The quantitative estimate of drug-likeness (QED) is 0.754. The van der Waals surface area contributed by atoms with Gasteiger partial charge in [-0.1, -0.05) is 0 Å². The zero-order valence-electron chi connectivity index (χ0n) is 14.7. The van der Waals surface area contributed by atoms with E-state index in [9.17, 15) is 19.2 Å². The Morgan fingerprint density at radius 3 is 2.56 bits per heavy atom. The van der Waals surface area contributed by atoms with Gasteiger partial charge in [0, 0.05) is 18.2 Å². The summed E-state index contributed by atoms with van der Waals surface area (Å²) < 4.78 is 16.9. The van der Waals surface area contributed by atoms with Gasteiger partial charge >= 0.3 is 17.6 Å². The smallest absolute Gasteiger partial charge is 0.336 e. The number of nitrogens with zero attached hydrogens (tertiary/aromatic N) is 1. The Bertz CT molecular complexity index is 781. The van der Waals surface area contributed by atoms with Gasteiger partial charge in [-0.3, -0.25) is 19.1 Å². The van der Waals surface area contributed by atoms with Crippen LogP contribution in [0.15, 0.2) is 15.8 Å². The van der Waals surface area contributed by atoms with Crippen molar-refractivity contribution in [1.82, 2.24) is 9.55 Å². The van der Waals surface area contributed by atoms with Crippen molar-refractivity contribution >= 4 is 11.9 Å². The highest BCUT2D eigenvalue weighted by atomic mass is 16.6. The van der Waals surface area contributed by atoms with Crippen LogP contribution >= 0.6 is 0 Å². The highest BCUT2D eigenvalue weighted by Crippen LogP contribution is 2.44. The van der Waals surface area contributed by atoms with Crippen LogP contribution in [0.25, 0.3) is 0 Å². The van der Waals surface area contributed by atoms with Gasteiger partial charge in [-0.25, -0.2) is 9.59 Å². The Kier molecular flexibility index (Phi) is 5.46. The monoisotopic (exact) mass is 354 g/mol. The van der Waals surface area contributed by atoms with Crippen LogP contribution in [0.2, 0.25) is 0 Å². The second kappa shape index (κ2) is 7.22. The maximum atomic E-state index is 12.4. The van der Waals surface area contributed by atoms with Gasteiger partial charge in [0.1, 0.15) is 11.6 Å². The number of hydrogen-bond donors (Lipinski definition) is 1. The third-order valence-corrected chi connectivity index (χ3v) is 4.17. The maximum Gasteiger partial charge on any atom is 0.336 e. The van der Waals surface area contributed by atoms with Crippen LogP contribution in [0.5, 0.6) is 0 Å². The number of nitrogens with one attached hydrogen (secondary N) is 1. The molecule has 1 aromatic rings. The molecule has 9 heteroatoms. The van der Waals surface area contributed by atoms with Crippen LogP contribution < -0.4 is 11.2 Å². The van der Waals surface area contributed by atoms with Gasteiger partial charge in [0.05, 0.1) is 13.2 Å². The number of ether oxygens (including phenoxy) is 3. The molecule has 1 aliphatic rings.